The summed E-state index contributed by atoms with van der Waals surface area (Å²) in [5.74, 6) is 1.03. The minimum atomic E-state index is -0.954. The first kappa shape index (κ1) is 47.9. The molecule has 69 heavy (non-hydrogen) atoms. The minimum Gasteiger partial charge on any atom is -0.457 e. The predicted molar refractivity (Wildman–Crippen MR) is 265 cm³/mol. The summed E-state index contributed by atoms with van der Waals surface area (Å²) in [4.78, 5) is 82.0. The van der Waals surface area contributed by atoms with Crippen LogP contribution in [-0.2, 0) is 14.4 Å². The molecule has 5 aromatic rings. The molecule has 17 heteroatoms. The van der Waals surface area contributed by atoms with E-state index in [1.54, 1.807) is 23.9 Å². The van der Waals surface area contributed by atoms with Crippen LogP contribution >= 0.6 is 11.8 Å². The molecule has 0 radical (unpaired) electrons. The number of amides is 5. The van der Waals surface area contributed by atoms with Gasteiger partial charge in [0.15, 0.2) is 5.65 Å². The van der Waals surface area contributed by atoms with Crippen LogP contribution in [-0.4, -0.2) is 133 Å². The zero-order valence-corrected chi connectivity index (χ0v) is 40.0. The molecule has 2 aromatic heterocycles. The number of fused-ring (bicyclic) bond motifs is 2. The van der Waals surface area contributed by atoms with E-state index in [-0.39, 0.29) is 30.7 Å². The Morgan fingerprint density at radius 3 is 2.22 bits per heavy atom. The van der Waals surface area contributed by atoms with E-state index in [2.05, 4.69) is 25.1 Å². The Kier molecular flexibility index (Phi) is 15.6. The lowest BCUT2D eigenvalue weighted by molar-refractivity contribution is -0.136. The number of likely N-dealkylation sites (tertiary alicyclic amines) is 1. The number of nitrogens with one attached hydrogen (secondary N) is 1. The van der Waals surface area contributed by atoms with E-state index in [4.69, 9.17) is 15.6 Å². The Balaban J connectivity index is 0.637. The zero-order valence-electron chi connectivity index (χ0n) is 39.2. The molecular formula is C52H62N10O6S. The summed E-state index contributed by atoms with van der Waals surface area (Å²) in [5, 5.41) is 8.04. The van der Waals surface area contributed by atoms with Gasteiger partial charge in [0, 0.05) is 62.6 Å². The second-order valence-electron chi connectivity index (χ2n) is 18.6. The van der Waals surface area contributed by atoms with E-state index < -0.39 is 23.8 Å². The summed E-state index contributed by atoms with van der Waals surface area (Å²) in [6, 6.07) is 21.8. The molecule has 2 atom stereocenters. The first-order valence-electron chi connectivity index (χ1n) is 24.7. The van der Waals surface area contributed by atoms with Crippen LogP contribution in [0.2, 0.25) is 0 Å². The smallest absolute Gasteiger partial charge is 0.263 e. The fourth-order valence-electron chi connectivity index (χ4n) is 10.1. The van der Waals surface area contributed by atoms with Crippen molar-refractivity contribution in [2.75, 3.05) is 63.8 Å². The molecule has 1 unspecified atom stereocenters. The molecule has 0 bridgehead atoms. The Morgan fingerprint density at radius 2 is 1.46 bits per heavy atom. The highest BCUT2D eigenvalue weighted by molar-refractivity contribution is 7.99. The number of nitrogen functional groups attached to an aromatic ring is 1. The number of aromatic nitrogens is 4. The number of piperazine rings is 1. The zero-order chi connectivity index (χ0) is 47.7. The van der Waals surface area contributed by atoms with Gasteiger partial charge in [0.05, 0.1) is 22.6 Å². The SMILES string of the molecule is Nc1ncnc2c1c(-c1ccc(Oc3ccccc3)cc1)nn2[C@@H]1CCCN(C(=O)CCCN2CCN(CCCCCCCCCSc3cccc4c3C(=O)N(C3CCC(=O)NC3=O)C4=O)CC2)C1. The standard InChI is InChI=1S/C52H62N10O6S/c53-48-46-47(36-20-22-39(23-21-36)68-38-15-7-6-8-16-38)57-62(49(46)55-35-54-48)37-14-12-28-60(34-37)44(64)19-13-27-59-31-29-58(30-32-59)26-9-4-2-1-3-5-10-33-69-42-18-11-17-40-45(42)52(67)61(51(40)66)41-24-25-43(63)56-50(41)65/h6-8,11,15-18,20-23,35,37,41H,1-5,9-10,12-14,19,24-34H2,(H2,53,54,55)(H,56,63,65)/t37-,41?/m1/s1. The number of carbonyl (C=O) groups is 5. The van der Waals surface area contributed by atoms with Crippen molar-refractivity contribution in [2.45, 2.75) is 100 Å². The molecule has 362 valence electrons. The molecule has 4 aliphatic heterocycles. The number of hydrogen-bond donors (Lipinski definition) is 2. The van der Waals surface area contributed by atoms with E-state index in [0.29, 0.717) is 46.6 Å². The van der Waals surface area contributed by atoms with E-state index >= 15 is 0 Å². The molecule has 4 aliphatic rings. The summed E-state index contributed by atoms with van der Waals surface area (Å²) in [7, 11) is 0. The Bertz CT molecular complexity index is 2640. The highest BCUT2D eigenvalue weighted by Crippen LogP contribution is 2.37. The summed E-state index contributed by atoms with van der Waals surface area (Å²) < 4.78 is 7.96. The molecule has 3 aromatic carbocycles. The van der Waals surface area contributed by atoms with Gasteiger partial charge in [-0.15, -0.1) is 11.8 Å². The van der Waals surface area contributed by atoms with E-state index in [9.17, 15) is 24.0 Å². The van der Waals surface area contributed by atoms with Gasteiger partial charge in [-0.3, -0.25) is 34.2 Å². The van der Waals surface area contributed by atoms with E-state index in [0.717, 1.165) is 111 Å². The Labute approximate surface area is 407 Å². The predicted octanol–water partition coefficient (Wildman–Crippen LogP) is 7.35. The number of benzene rings is 3. The first-order chi connectivity index (χ1) is 33.7. The van der Waals surface area contributed by atoms with Crippen LogP contribution in [0.1, 0.15) is 110 Å². The van der Waals surface area contributed by atoms with Crippen LogP contribution in [0.4, 0.5) is 5.82 Å². The second kappa shape index (κ2) is 22.5. The minimum absolute atomic E-state index is 0.0196. The maximum atomic E-state index is 13.6. The fraction of sp³-hybridized carbons (Fsp3) is 0.462. The molecule has 5 amide bonds. The van der Waals surface area contributed by atoms with Gasteiger partial charge in [-0.2, -0.15) is 5.10 Å². The number of para-hydroxylation sites is 1. The molecule has 3 N–H and O–H groups in total. The van der Waals surface area contributed by atoms with Gasteiger partial charge >= 0.3 is 0 Å². The third kappa shape index (κ3) is 11.3. The number of anilines is 1. The highest BCUT2D eigenvalue weighted by Gasteiger charge is 2.45. The summed E-state index contributed by atoms with van der Waals surface area (Å²) in [5.41, 5.74) is 9.44. The summed E-state index contributed by atoms with van der Waals surface area (Å²) in [6.07, 6.45) is 13.1. The third-order valence-corrected chi connectivity index (χ3v) is 15.0. The Morgan fingerprint density at radius 1 is 0.754 bits per heavy atom. The number of ether oxygens (including phenoxy) is 1. The largest absolute Gasteiger partial charge is 0.457 e. The van der Waals surface area contributed by atoms with Crippen LogP contribution in [0.15, 0.2) is 84.0 Å². The molecule has 3 fully saturated rings. The van der Waals surface area contributed by atoms with Crippen molar-refractivity contribution in [1.29, 1.82) is 0 Å². The van der Waals surface area contributed by atoms with Crippen molar-refractivity contribution in [2.24, 2.45) is 0 Å². The van der Waals surface area contributed by atoms with Crippen LogP contribution < -0.4 is 15.8 Å². The normalized spacial score (nSPS) is 19.1. The van der Waals surface area contributed by atoms with Gasteiger partial charge in [-0.25, -0.2) is 14.6 Å². The highest BCUT2D eigenvalue weighted by atomic mass is 32.2. The van der Waals surface area contributed by atoms with Crippen molar-refractivity contribution in [3.8, 4) is 22.8 Å². The van der Waals surface area contributed by atoms with Crippen molar-refractivity contribution in [3.63, 3.8) is 0 Å². The average Bonchev–Trinajstić information content (AvgIpc) is 3.88. The quantitative estimate of drug-likeness (QED) is 0.0448. The lowest BCUT2D eigenvalue weighted by Crippen LogP contribution is -2.54. The topological polar surface area (TPSA) is 189 Å². The van der Waals surface area contributed by atoms with E-state index in [1.807, 2.05) is 70.2 Å². The van der Waals surface area contributed by atoms with E-state index in [1.165, 1.54) is 38.4 Å². The van der Waals surface area contributed by atoms with Crippen LogP contribution in [0, 0.1) is 0 Å². The van der Waals surface area contributed by atoms with Gasteiger partial charge in [0.1, 0.15) is 35.4 Å². The number of imide groups is 2. The number of rotatable bonds is 20. The lowest BCUT2D eigenvalue weighted by atomic mass is 10.0. The van der Waals surface area contributed by atoms with Crippen molar-refractivity contribution in [1.82, 2.24) is 44.7 Å². The van der Waals surface area contributed by atoms with Gasteiger partial charge in [0.25, 0.3) is 11.8 Å². The van der Waals surface area contributed by atoms with Crippen LogP contribution in [0.25, 0.3) is 22.3 Å². The molecule has 16 nitrogen and oxygen atoms in total. The molecule has 9 rings (SSSR count). The number of nitrogens with two attached hydrogens (primary N) is 1. The van der Waals surface area contributed by atoms with Gasteiger partial charge < -0.3 is 25.2 Å². The number of unbranched alkanes of at least 4 members (excludes halogenated alkanes) is 6. The number of nitrogens with zero attached hydrogens (tertiary/aromatic N) is 8. The third-order valence-electron chi connectivity index (χ3n) is 13.9. The van der Waals surface area contributed by atoms with Crippen LogP contribution in [0.5, 0.6) is 11.5 Å². The Hall–Kier alpha value is -6.17. The molecular weight excluding hydrogens is 893 g/mol. The van der Waals surface area contributed by atoms with Gasteiger partial charge in [0.2, 0.25) is 17.7 Å². The van der Waals surface area contributed by atoms with Crippen molar-refractivity contribution in [3.05, 3.63) is 90.3 Å². The number of piperidine rings is 2. The van der Waals surface area contributed by atoms with Gasteiger partial charge in [-0.1, -0.05) is 56.4 Å². The monoisotopic (exact) mass is 954 g/mol. The molecule has 3 saturated heterocycles. The maximum absolute atomic E-state index is 13.6. The van der Waals surface area contributed by atoms with Gasteiger partial charge in [-0.05, 0) is 106 Å². The molecule has 0 spiro atoms. The molecule has 6 heterocycles. The maximum Gasteiger partial charge on any atom is 0.263 e. The van der Waals surface area contributed by atoms with Crippen molar-refractivity contribution >= 4 is 58.1 Å². The molecule has 0 saturated carbocycles. The number of thioether (sulfide) groups is 1. The molecule has 0 aliphatic carbocycles. The second-order valence-corrected chi connectivity index (χ2v) is 19.7. The summed E-state index contributed by atoms with van der Waals surface area (Å²) >= 11 is 1.59. The number of carbonyl (C=O) groups excluding carboxylic acids is 5. The number of hydrogen-bond acceptors (Lipinski definition) is 13. The average molecular weight is 955 g/mol. The fourth-order valence-corrected chi connectivity index (χ4v) is 11.2. The summed E-state index contributed by atoms with van der Waals surface area (Å²) in [6.45, 7) is 7.61. The van der Waals surface area contributed by atoms with Crippen LogP contribution in [0.3, 0.4) is 0 Å². The lowest BCUT2D eigenvalue weighted by Gasteiger charge is -2.35. The first-order valence-corrected chi connectivity index (χ1v) is 25.7. The van der Waals surface area contributed by atoms with Crippen molar-refractivity contribution < 1.29 is 28.7 Å².